The Bertz CT molecular complexity index is 508. The van der Waals surface area contributed by atoms with Crippen LogP contribution in [-0.4, -0.2) is 25.5 Å². The Balaban J connectivity index is 2.86. The van der Waals surface area contributed by atoms with E-state index in [4.69, 9.17) is 10.4 Å². The van der Waals surface area contributed by atoms with Crippen LogP contribution in [0.25, 0.3) is 0 Å². The molecular weight excluding hydrogens is 252 g/mol. The molecule has 6 heteroatoms. The zero-order valence-corrected chi connectivity index (χ0v) is 11.0. The molecule has 1 heterocycles. The van der Waals surface area contributed by atoms with E-state index in [0.29, 0.717) is 5.56 Å². The molecule has 0 amide bonds. The zero-order valence-electron chi connectivity index (χ0n) is 10.2. The maximum atomic E-state index is 12.0. The zero-order chi connectivity index (χ0) is 13.7. The number of hydrogen-bond acceptors (Lipinski definition) is 4. The summed E-state index contributed by atoms with van der Waals surface area (Å²) in [7, 11) is -1.52. The SMILES string of the molecule is CC(C)C(C(=O)O)S(=O)Cc1ccnc(C#N)c1. The lowest BCUT2D eigenvalue weighted by Crippen LogP contribution is -2.31. The van der Waals surface area contributed by atoms with Crippen LogP contribution in [0, 0.1) is 17.2 Å². The predicted octanol–water partition coefficient (Wildman–Crippen LogP) is 1.31. The summed E-state index contributed by atoms with van der Waals surface area (Å²) in [6, 6.07) is 5.05. The summed E-state index contributed by atoms with van der Waals surface area (Å²) < 4.78 is 12.0. The van der Waals surface area contributed by atoms with Crippen molar-refractivity contribution < 1.29 is 14.1 Å². The second-order valence-corrected chi connectivity index (χ2v) is 5.75. The van der Waals surface area contributed by atoms with Crippen molar-refractivity contribution in [2.45, 2.75) is 24.9 Å². The highest BCUT2D eigenvalue weighted by molar-refractivity contribution is 7.85. The van der Waals surface area contributed by atoms with Gasteiger partial charge in [-0.25, -0.2) is 4.98 Å². The number of carboxylic acid groups (broad SMARTS) is 1. The molecule has 0 aliphatic heterocycles. The fourth-order valence-corrected chi connectivity index (χ4v) is 3.10. The average Bonchev–Trinajstić information content (AvgIpc) is 2.28. The quantitative estimate of drug-likeness (QED) is 0.867. The molecule has 0 saturated carbocycles. The first kappa shape index (κ1) is 14.3. The molecule has 2 atom stereocenters. The summed E-state index contributed by atoms with van der Waals surface area (Å²) in [6.45, 7) is 3.45. The van der Waals surface area contributed by atoms with Crippen molar-refractivity contribution in [2.75, 3.05) is 0 Å². The van der Waals surface area contributed by atoms with Crippen molar-refractivity contribution >= 4 is 16.8 Å². The van der Waals surface area contributed by atoms with Crippen molar-refractivity contribution in [1.82, 2.24) is 4.98 Å². The van der Waals surface area contributed by atoms with Gasteiger partial charge in [-0.05, 0) is 23.6 Å². The first-order valence-electron chi connectivity index (χ1n) is 5.40. The molecule has 96 valence electrons. The van der Waals surface area contributed by atoms with Gasteiger partial charge in [0.25, 0.3) is 0 Å². The Labute approximate surface area is 108 Å². The Morgan fingerprint density at radius 3 is 2.78 bits per heavy atom. The summed E-state index contributed by atoms with van der Waals surface area (Å²) in [5.74, 6) is -1.15. The number of aliphatic carboxylic acids is 1. The number of hydrogen-bond donors (Lipinski definition) is 1. The van der Waals surface area contributed by atoms with Gasteiger partial charge in [0.2, 0.25) is 0 Å². The highest BCUT2D eigenvalue weighted by Crippen LogP contribution is 2.14. The first-order valence-corrected chi connectivity index (χ1v) is 6.79. The van der Waals surface area contributed by atoms with Gasteiger partial charge in [0.15, 0.2) is 0 Å². The number of carboxylic acids is 1. The molecule has 1 aromatic heterocycles. The van der Waals surface area contributed by atoms with E-state index in [0.717, 1.165) is 0 Å². The van der Waals surface area contributed by atoms with Crippen molar-refractivity contribution in [3.63, 3.8) is 0 Å². The van der Waals surface area contributed by atoms with E-state index in [1.807, 2.05) is 6.07 Å². The van der Waals surface area contributed by atoms with E-state index >= 15 is 0 Å². The van der Waals surface area contributed by atoms with Gasteiger partial charge in [0.1, 0.15) is 17.0 Å². The highest BCUT2D eigenvalue weighted by Gasteiger charge is 2.28. The molecule has 0 spiro atoms. The third-order valence-corrected chi connectivity index (χ3v) is 4.31. The molecule has 2 unspecified atom stereocenters. The molecule has 0 radical (unpaired) electrons. The van der Waals surface area contributed by atoms with Crippen LogP contribution in [0.4, 0.5) is 0 Å². The summed E-state index contributed by atoms with van der Waals surface area (Å²) in [6.07, 6.45) is 1.45. The van der Waals surface area contributed by atoms with Crippen LogP contribution >= 0.6 is 0 Å². The van der Waals surface area contributed by atoms with Crippen LogP contribution < -0.4 is 0 Å². The summed E-state index contributed by atoms with van der Waals surface area (Å²) in [5, 5.41) is 16.8. The standard InChI is InChI=1S/C12H14N2O3S/c1-8(2)11(12(15)16)18(17)7-9-3-4-14-10(5-9)6-13/h3-5,8,11H,7H2,1-2H3,(H,15,16). The second kappa shape index (κ2) is 6.26. The van der Waals surface area contributed by atoms with E-state index in [1.54, 1.807) is 19.9 Å². The summed E-state index contributed by atoms with van der Waals surface area (Å²) >= 11 is 0. The van der Waals surface area contributed by atoms with Crippen molar-refractivity contribution in [2.24, 2.45) is 5.92 Å². The Morgan fingerprint density at radius 2 is 2.28 bits per heavy atom. The molecule has 0 aromatic carbocycles. The van der Waals surface area contributed by atoms with Crippen molar-refractivity contribution in [3.05, 3.63) is 29.6 Å². The second-order valence-electron chi connectivity index (χ2n) is 4.19. The molecule has 0 aliphatic rings. The van der Waals surface area contributed by atoms with Gasteiger partial charge >= 0.3 is 5.97 Å². The average molecular weight is 266 g/mol. The van der Waals surface area contributed by atoms with E-state index in [-0.39, 0.29) is 17.4 Å². The molecule has 1 rings (SSSR count). The van der Waals surface area contributed by atoms with Crippen LogP contribution in [0.1, 0.15) is 25.1 Å². The van der Waals surface area contributed by atoms with Crippen molar-refractivity contribution in [3.8, 4) is 6.07 Å². The van der Waals surface area contributed by atoms with Gasteiger partial charge in [-0.15, -0.1) is 0 Å². The molecule has 0 fully saturated rings. The number of nitriles is 1. The van der Waals surface area contributed by atoms with E-state index in [1.165, 1.54) is 12.3 Å². The van der Waals surface area contributed by atoms with Gasteiger partial charge in [0.05, 0.1) is 0 Å². The number of pyridine rings is 1. The van der Waals surface area contributed by atoms with Gasteiger partial charge in [-0.3, -0.25) is 9.00 Å². The molecule has 5 nitrogen and oxygen atoms in total. The molecule has 0 saturated heterocycles. The third kappa shape index (κ3) is 3.64. The summed E-state index contributed by atoms with van der Waals surface area (Å²) in [5.41, 5.74) is 0.896. The Kier molecular flexibility index (Phi) is 4.98. The first-order chi connectivity index (χ1) is 8.45. The molecule has 0 aliphatic carbocycles. The van der Waals surface area contributed by atoms with E-state index in [2.05, 4.69) is 4.98 Å². The molecular formula is C12H14N2O3S. The third-order valence-electron chi connectivity index (χ3n) is 2.38. The summed E-state index contributed by atoms with van der Waals surface area (Å²) in [4.78, 5) is 14.8. The molecule has 0 bridgehead atoms. The monoisotopic (exact) mass is 266 g/mol. The fraction of sp³-hybridized carbons (Fsp3) is 0.417. The van der Waals surface area contributed by atoms with Crippen LogP contribution in [0.5, 0.6) is 0 Å². The number of rotatable bonds is 5. The fourth-order valence-electron chi connectivity index (χ4n) is 1.58. The van der Waals surface area contributed by atoms with Gasteiger partial charge < -0.3 is 5.11 Å². The molecule has 1 aromatic rings. The minimum absolute atomic E-state index is 0.117. The molecule has 18 heavy (non-hydrogen) atoms. The lowest BCUT2D eigenvalue weighted by molar-refractivity contribution is -0.137. The Hall–Kier alpha value is -1.74. The maximum Gasteiger partial charge on any atom is 0.319 e. The largest absolute Gasteiger partial charge is 0.480 e. The maximum absolute atomic E-state index is 12.0. The van der Waals surface area contributed by atoms with Gasteiger partial charge in [-0.1, -0.05) is 13.8 Å². The van der Waals surface area contributed by atoms with Crippen LogP contribution in [0.3, 0.4) is 0 Å². The normalized spacial score (nSPS) is 13.9. The van der Waals surface area contributed by atoms with Crippen LogP contribution in [-0.2, 0) is 21.3 Å². The van der Waals surface area contributed by atoms with Gasteiger partial charge in [0, 0.05) is 22.7 Å². The lowest BCUT2D eigenvalue weighted by Gasteiger charge is -2.15. The Morgan fingerprint density at radius 1 is 1.61 bits per heavy atom. The number of aromatic nitrogens is 1. The molecule has 1 N–H and O–H groups in total. The number of nitrogens with zero attached hydrogens (tertiary/aromatic N) is 2. The van der Waals surface area contributed by atoms with E-state index < -0.39 is 22.0 Å². The van der Waals surface area contributed by atoms with Crippen LogP contribution in [0.2, 0.25) is 0 Å². The van der Waals surface area contributed by atoms with Crippen LogP contribution in [0.15, 0.2) is 18.3 Å². The smallest absolute Gasteiger partial charge is 0.319 e. The number of carbonyl (C=O) groups is 1. The predicted molar refractivity (Wildman–Crippen MR) is 67.1 cm³/mol. The minimum Gasteiger partial charge on any atom is -0.480 e. The van der Waals surface area contributed by atoms with Crippen molar-refractivity contribution in [1.29, 1.82) is 5.26 Å². The topological polar surface area (TPSA) is 91.0 Å². The highest BCUT2D eigenvalue weighted by atomic mass is 32.2. The minimum atomic E-state index is -1.52. The van der Waals surface area contributed by atoms with Gasteiger partial charge in [-0.2, -0.15) is 5.26 Å². The van der Waals surface area contributed by atoms with E-state index in [9.17, 15) is 9.00 Å². The lowest BCUT2D eigenvalue weighted by atomic mass is 10.1.